The molecule has 0 radical (unpaired) electrons. The van der Waals surface area contributed by atoms with Gasteiger partial charge in [0.25, 0.3) is 0 Å². The molecular weight excluding hydrogens is 320 g/mol. The number of carbonyl (C=O) groups is 1. The Balaban J connectivity index is 0.00000176. The third kappa shape index (κ3) is 4.09. The standard InChI is InChI=1S/C16H22N2O2S.ClH/c19-13-1-3-14(4-2-13)21-11-15(20)18-9-6-16(7-10-18)5-8-17-12-16;/h1-4,17,19H,5-12H2;1H. The average Bonchev–Trinajstić information content (AvgIpc) is 2.95. The van der Waals surface area contributed by atoms with Gasteiger partial charge in [-0.25, -0.2) is 0 Å². The molecule has 0 bridgehead atoms. The van der Waals surface area contributed by atoms with E-state index in [2.05, 4.69) is 5.32 Å². The highest BCUT2D eigenvalue weighted by molar-refractivity contribution is 8.00. The Bertz CT molecular complexity index is 493. The van der Waals surface area contributed by atoms with Crippen molar-refractivity contribution in [3.8, 4) is 5.75 Å². The molecule has 0 saturated carbocycles. The summed E-state index contributed by atoms with van der Waals surface area (Å²) in [7, 11) is 0. The minimum Gasteiger partial charge on any atom is -0.508 e. The lowest BCUT2D eigenvalue weighted by Gasteiger charge is -2.38. The predicted octanol–water partition coefficient (Wildman–Crippen LogP) is 2.51. The second kappa shape index (κ2) is 7.57. The molecule has 0 atom stereocenters. The molecule has 122 valence electrons. The van der Waals surface area contributed by atoms with Crippen molar-refractivity contribution in [2.75, 3.05) is 31.9 Å². The maximum absolute atomic E-state index is 12.3. The molecule has 0 unspecified atom stereocenters. The van der Waals surface area contributed by atoms with Crippen LogP contribution in [-0.2, 0) is 4.79 Å². The fraction of sp³-hybridized carbons (Fsp3) is 0.562. The minimum absolute atomic E-state index is 0. The highest BCUT2D eigenvalue weighted by Crippen LogP contribution is 2.37. The van der Waals surface area contributed by atoms with Gasteiger partial charge in [-0.15, -0.1) is 24.2 Å². The van der Waals surface area contributed by atoms with Gasteiger partial charge in [0.2, 0.25) is 5.91 Å². The molecule has 1 aromatic rings. The number of phenolic OH excluding ortho intramolecular Hbond substituents is 1. The third-order valence-electron chi connectivity index (χ3n) is 4.71. The maximum atomic E-state index is 12.3. The van der Waals surface area contributed by atoms with E-state index >= 15 is 0 Å². The number of hydrogen-bond acceptors (Lipinski definition) is 4. The van der Waals surface area contributed by atoms with Crippen LogP contribution < -0.4 is 5.32 Å². The normalized spacial score (nSPS) is 19.9. The first-order valence-electron chi connectivity index (χ1n) is 7.57. The molecule has 2 aliphatic heterocycles. The molecule has 1 amide bonds. The molecule has 1 aromatic carbocycles. The van der Waals surface area contributed by atoms with Crippen molar-refractivity contribution in [3.63, 3.8) is 0 Å². The number of nitrogens with zero attached hydrogens (tertiary/aromatic N) is 1. The molecule has 2 heterocycles. The van der Waals surface area contributed by atoms with Crippen molar-refractivity contribution in [1.29, 1.82) is 0 Å². The number of aromatic hydroxyl groups is 1. The summed E-state index contributed by atoms with van der Waals surface area (Å²) in [5, 5.41) is 12.7. The Labute approximate surface area is 142 Å². The first-order chi connectivity index (χ1) is 10.2. The van der Waals surface area contributed by atoms with E-state index < -0.39 is 0 Å². The summed E-state index contributed by atoms with van der Waals surface area (Å²) in [6.07, 6.45) is 3.53. The van der Waals surface area contributed by atoms with Crippen molar-refractivity contribution < 1.29 is 9.90 Å². The maximum Gasteiger partial charge on any atom is 0.232 e. The Morgan fingerprint density at radius 1 is 1.23 bits per heavy atom. The molecule has 0 aromatic heterocycles. The smallest absolute Gasteiger partial charge is 0.232 e. The largest absolute Gasteiger partial charge is 0.508 e. The van der Waals surface area contributed by atoms with Gasteiger partial charge in [-0.2, -0.15) is 0 Å². The number of nitrogens with one attached hydrogen (secondary N) is 1. The van der Waals surface area contributed by atoms with Crippen LogP contribution in [-0.4, -0.2) is 47.8 Å². The van der Waals surface area contributed by atoms with E-state index in [0.717, 1.165) is 43.9 Å². The van der Waals surface area contributed by atoms with Gasteiger partial charge < -0.3 is 15.3 Å². The fourth-order valence-corrected chi connectivity index (χ4v) is 4.03. The molecule has 6 heteroatoms. The number of amides is 1. The van der Waals surface area contributed by atoms with Crippen molar-refractivity contribution in [1.82, 2.24) is 10.2 Å². The zero-order valence-corrected chi connectivity index (χ0v) is 14.2. The Morgan fingerprint density at radius 3 is 2.50 bits per heavy atom. The van der Waals surface area contributed by atoms with Crippen LogP contribution in [0.4, 0.5) is 0 Å². The zero-order valence-electron chi connectivity index (χ0n) is 12.6. The molecule has 2 fully saturated rings. The lowest BCUT2D eigenvalue weighted by Crippen LogP contribution is -2.44. The molecule has 1 spiro atoms. The summed E-state index contributed by atoms with van der Waals surface area (Å²) in [6, 6.07) is 7.01. The monoisotopic (exact) mass is 342 g/mol. The molecule has 4 nitrogen and oxygen atoms in total. The number of benzene rings is 1. The van der Waals surface area contributed by atoms with E-state index in [4.69, 9.17) is 0 Å². The number of hydrogen-bond donors (Lipinski definition) is 2. The van der Waals surface area contributed by atoms with E-state index in [1.54, 1.807) is 12.1 Å². The SMILES string of the molecule is Cl.O=C(CSc1ccc(O)cc1)N1CCC2(CCNC2)CC1. The number of phenols is 1. The summed E-state index contributed by atoms with van der Waals surface area (Å²) in [5.41, 5.74) is 0.459. The minimum atomic E-state index is 0. The summed E-state index contributed by atoms with van der Waals surface area (Å²) in [4.78, 5) is 15.3. The third-order valence-corrected chi connectivity index (χ3v) is 5.70. The van der Waals surface area contributed by atoms with Gasteiger partial charge in [-0.05, 0) is 55.5 Å². The molecule has 22 heavy (non-hydrogen) atoms. The van der Waals surface area contributed by atoms with Gasteiger partial charge >= 0.3 is 0 Å². The van der Waals surface area contributed by atoms with Crippen LogP contribution in [0.2, 0.25) is 0 Å². The van der Waals surface area contributed by atoms with Gasteiger partial charge in [0.05, 0.1) is 5.75 Å². The van der Waals surface area contributed by atoms with E-state index in [-0.39, 0.29) is 24.1 Å². The molecule has 2 aliphatic rings. The highest BCUT2D eigenvalue weighted by Gasteiger charge is 2.37. The van der Waals surface area contributed by atoms with Crippen molar-refractivity contribution >= 4 is 30.1 Å². The van der Waals surface area contributed by atoms with Crippen molar-refractivity contribution in [3.05, 3.63) is 24.3 Å². The predicted molar refractivity (Wildman–Crippen MR) is 91.8 cm³/mol. The van der Waals surface area contributed by atoms with Crippen LogP contribution in [0, 0.1) is 5.41 Å². The first-order valence-corrected chi connectivity index (χ1v) is 8.56. The van der Waals surface area contributed by atoms with Crippen LogP contribution in [0.3, 0.4) is 0 Å². The lowest BCUT2D eigenvalue weighted by atomic mass is 9.78. The Morgan fingerprint density at radius 2 is 1.91 bits per heavy atom. The van der Waals surface area contributed by atoms with Crippen LogP contribution in [0.25, 0.3) is 0 Å². The van der Waals surface area contributed by atoms with E-state index in [9.17, 15) is 9.90 Å². The van der Waals surface area contributed by atoms with Crippen LogP contribution in [0.5, 0.6) is 5.75 Å². The summed E-state index contributed by atoms with van der Waals surface area (Å²) in [5.74, 6) is 0.974. The molecule has 2 saturated heterocycles. The molecular formula is C16H23ClN2O2S. The topological polar surface area (TPSA) is 52.6 Å². The second-order valence-electron chi connectivity index (χ2n) is 6.09. The number of carbonyl (C=O) groups excluding carboxylic acids is 1. The summed E-state index contributed by atoms with van der Waals surface area (Å²) in [6.45, 7) is 4.05. The molecule has 0 aliphatic carbocycles. The number of rotatable bonds is 3. The zero-order chi connectivity index (χ0) is 14.7. The summed E-state index contributed by atoms with van der Waals surface area (Å²) < 4.78 is 0. The number of likely N-dealkylation sites (tertiary alicyclic amines) is 1. The van der Waals surface area contributed by atoms with Gasteiger partial charge in [-0.1, -0.05) is 0 Å². The molecule has 2 N–H and O–H groups in total. The quantitative estimate of drug-likeness (QED) is 0.829. The Kier molecular flexibility index (Phi) is 6.01. The van der Waals surface area contributed by atoms with Crippen LogP contribution >= 0.6 is 24.2 Å². The van der Waals surface area contributed by atoms with Gasteiger partial charge in [0.1, 0.15) is 5.75 Å². The van der Waals surface area contributed by atoms with E-state index in [0.29, 0.717) is 11.2 Å². The van der Waals surface area contributed by atoms with Gasteiger partial charge in [0.15, 0.2) is 0 Å². The number of piperidine rings is 1. The summed E-state index contributed by atoms with van der Waals surface area (Å²) >= 11 is 1.54. The second-order valence-corrected chi connectivity index (χ2v) is 7.14. The van der Waals surface area contributed by atoms with Crippen molar-refractivity contribution in [2.45, 2.75) is 24.2 Å². The highest BCUT2D eigenvalue weighted by atomic mass is 35.5. The van der Waals surface area contributed by atoms with E-state index in [1.807, 2.05) is 17.0 Å². The molecule has 3 rings (SSSR count). The Hall–Kier alpha value is -0.910. The average molecular weight is 343 g/mol. The van der Waals surface area contributed by atoms with Crippen LogP contribution in [0.1, 0.15) is 19.3 Å². The number of halogens is 1. The first kappa shape index (κ1) is 17.4. The van der Waals surface area contributed by atoms with Crippen LogP contribution in [0.15, 0.2) is 29.2 Å². The number of thioether (sulfide) groups is 1. The fourth-order valence-electron chi connectivity index (χ4n) is 3.23. The van der Waals surface area contributed by atoms with E-state index in [1.165, 1.54) is 18.2 Å². The lowest BCUT2D eigenvalue weighted by molar-refractivity contribution is -0.130. The van der Waals surface area contributed by atoms with Crippen molar-refractivity contribution in [2.24, 2.45) is 5.41 Å². The van der Waals surface area contributed by atoms with Gasteiger partial charge in [-0.3, -0.25) is 4.79 Å². The van der Waals surface area contributed by atoms with Gasteiger partial charge in [0, 0.05) is 24.5 Å².